The maximum absolute atomic E-state index is 3.40. The Morgan fingerprint density at radius 1 is 1.21 bits per heavy atom. The molecule has 73 valence electrons. The number of aromatic nitrogens is 1. The highest BCUT2D eigenvalue weighted by molar-refractivity contribution is 5.79. The molecule has 1 nitrogen and oxygen atoms in total. The van der Waals surface area contributed by atoms with Crippen molar-refractivity contribution in [2.45, 2.75) is 32.6 Å². The summed E-state index contributed by atoms with van der Waals surface area (Å²) in [5.74, 6) is 0. The van der Waals surface area contributed by atoms with Gasteiger partial charge in [0, 0.05) is 22.7 Å². The molecule has 0 amide bonds. The van der Waals surface area contributed by atoms with Gasteiger partial charge in [-0.25, -0.2) is 0 Å². The van der Waals surface area contributed by atoms with Crippen molar-refractivity contribution in [2.75, 3.05) is 0 Å². The van der Waals surface area contributed by atoms with Crippen LogP contribution in [0, 0.1) is 6.07 Å². The molecule has 0 saturated heterocycles. The summed E-state index contributed by atoms with van der Waals surface area (Å²) in [6.45, 7) is 2.23. The number of fused-ring (bicyclic) bond motifs is 1. The molecule has 0 aliphatic heterocycles. The van der Waals surface area contributed by atoms with E-state index in [-0.39, 0.29) is 0 Å². The first-order chi connectivity index (χ1) is 6.90. The zero-order chi connectivity index (χ0) is 9.80. The Hall–Kier alpha value is -1.24. The van der Waals surface area contributed by atoms with Crippen molar-refractivity contribution >= 4 is 10.9 Å². The van der Waals surface area contributed by atoms with Crippen molar-refractivity contribution in [3.8, 4) is 0 Å². The van der Waals surface area contributed by atoms with Gasteiger partial charge in [0.15, 0.2) is 0 Å². The molecule has 1 heteroatoms. The van der Waals surface area contributed by atoms with E-state index >= 15 is 0 Å². The van der Waals surface area contributed by atoms with Crippen molar-refractivity contribution in [1.82, 2.24) is 4.98 Å². The van der Waals surface area contributed by atoms with Crippen LogP contribution in [0.4, 0.5) is 0 Å². The molecular weight excluding hydrogens is 170 g/mol. The van der Waals surface area contributed by atoms with E-state index in [2.05, 4.69) is 42.2 Å². The van der Waals surface area contributed by atoms with Crippen LogP contribution in [0.2, 0.25) is 0 Å². The molecule has 0 unspecified atom stereocenters. The summed E-state index contributed by atoms with van der Waals surface area (Å²) in [6, 6.07) is 11.7. The van der Waals surface area contributed by atoms with E-state index in [1.54, 1.807) is 0 Å². The highest BCUT2D eigenvalue weighted by Gasteiger charge is 1.99. The van der Waals surface area contributed by atoms with Gasteiger partial charge in [-0.15, -0.1) is 0 Å². The van der Waals surface area contributed by atoms with Gasteiger partial charge in [-0.3, -0.25) is 0 Å². The summed E-state index contributed by atoms with van der Waals surface area (Å²) >= 11 is 0. The molecule has 2 rings (SSSR count). The van der Waals surface area contributed by atoms with E-state index in [0.29, 0.717) is 0 Å². The summed E-state index contributed by atoms with van der Waals surface area (Å²) in [5.41, 5.74) is 2.46. The minimum absolute atomic E-state index is 1.13. The summed E-state index contributed by atoms with van der Waals surface area (Å²) < 4.78 is 0. The molecule has 1 heterocycles. The van der Waals surface area contributed by atoms with Crippen LogP contribution in [-0.2, 0) is 6.42 Å². The second-order valence-electron chi connectivity index (χ2n) is 3.73. The number of hydrogen-bond donors (Lipinski definition) is 1. The van der Waals surface area contributed by atoms with Crippen LogP contribution in [0.15, 0.2) is 24.3 Å². The summed E-state index contributed by atoms with van der Waals surface area (Å²) in [6.07, 6.45) is 4.98. The Bertz CT molecular complexity index is 367. The predicted molar refractivity (Wildman–Crippen MR) is 60.4 cm³/mol. The number of benzene rings is 1. The lowest BCUT2D eigenvalue weighted by molar-refractivity contribution is 0.710. The fourth-order valence-corrected chi connectivity index (χ4v) is 1.73. The predicted octanol–water partition coefficient (Wildman–Crippen LogP) is 3.70. The van der Waals surface area contributed by atoms with Crippen LogP contribution in [0.5, 0.6) is 0 Å². The molecule has 0 bridgehead atoms. The first kappa shape index (κ1) is 9.32. The smallest absolute Gasteiger partial charge is 0.0462 e. The zero-order valence-electron chi connectivity index (χ0n) is 8.64. The van der Waals surface area contributed by atoms with Gasteiger partial charge in [0.1, 0.15) is 0 Å². The van der Waals surface area contributed by atoms with Crippen LogP contribution in [0.3, 0.4) is 0 Å². The molecule has 14 heavy (non-hydrogen) atoms. The van der Waals surface area contributed by atoms with Gasteiger partial charge in [-0.2, -0.15) is 0 Å². The summed E-state index contributed by atoms with van der Waals surface area (Å²) in [4.78, 5) is 3.40. The lowest BCUT2D eigenvalue weighted by Crippen LogP contribution is -1.84. The second-order valence-corrected chi connectivity index (χ2v) is 3.73. The molecule has 0 fully saturated rings. The van der Waals surface area contributed by atoms with Crippen LogP contribution in [0.25, 0.3) is 10.9 Å². The molecule has 0 saturated carbocycles. The van der Waals surface area contributed by atoms with Gasteiger partial charge in [0.2, 0.25) is 0 Å². The minimum atomic E-state index is 1.13. The Morgan fingerprint density at radius 2 is 2.07 bits per heavy atom. The fraction of sp³-hybridized carbons (Fsp3) is 0.385. The molecule has 1 aromatic carbocycles. The van der Waals surface area contributed by atoms with Gasteiger partial charge in [-0.1, -0.05) is 38.0 Å². The van der Waals surface area contributed by atoms with Crippen LogP contribution >= 0.6 is 0 Å². The van der Waals surface area contributed by atoms with Crippen LogP contribution in [-0.4, -0.2) is 4.98 Å². The third-order valence-corrected chi connectivity index (χ3v) is 2.53. The SMILES string of the molecule is CCCCCc1[c]c2ccccc2[nH]1. The number of H-pyrrole nitrogens is 1. The van der Waals surface area contributed by atoms with Gasteiger partial charge in [0.05, 0.1) is 0 Å². The van der Waals surface area contributed by atoms with Gasteiger partial charge in [-0.05, 0) is 18.9 Å². The average Bonchev–Trinajstić information content (AvgIpc) is 2.60. The van der Waals surface area contributed by atoms with E-state index in [1.165, 1.54) is 35.9 Å². The van der Waals surface area contributed by atoms with E-state index in [1.807, 2.05) is 0 Å². The molecule has 1 aromatic heterocycles. The van der Waals surface area contributed by atoms with Crippen LogP contribution < -0.4 is 0 Å². The largest absolute Gasteiger partial charge is 0.358 e. The highest BCUT2D eigenvalue weighted by Crippen LogP contribution is 2.15. The van der Waals surface area contributed by atoms with Crippen molar-refractivity contribution in [3.63, 3.8) is 0 Å². The number of rotatable bonds is 4. The second kappa shape index (κ2) is 4.32. The Kier molecular flexibility index (Phi) is 2.87. The summed E-state index contributed by atoms with van der Waals surface area (Å²) in [5, 5.41) is 1.21. The van der Waals surface area contributed by atoms with Crippen molar-refractivity contribution in [2.24, 2.45) is 0 Å². The topological polar surface area (TPSA) is 15.8 Å². The third-order valence-electron chi connectivity index (χ3n) is 2.53. The highest BCUT2D eigenvalue weighted by atomic mass is 14.7. The van der Waals surface area contributed by atoms with E-state index in [9.17, 15) is 0 Å². The quantitative estimate of drug-likeness (QED) is 0.701. The standard InChI is InChI=1S/C13H16N/c1-2-3-4-8-12-10-11-7-5-6-9-13(11)14-12/h5-7,9,14H,2-4,8H2,1H3. The number of aryl methyl sites for hydroxylation is 1. The van der Waals surface area contributed by atoms with Gasteiger partial charge in [0.25, 0.3) is 0 Å². The Balaban J connectivity index is 2.11. The third kappa shape index (κ3) is 1.98. The summed E-state index contributed by atoms with van der Waals surface area (Å²) in [7, 11) is 0. The first-order valence-corrected chi connectivity index (χ1v) is 5.39. The van der Waals surface area contributed by atoms with E-state index in [0.717, 1.165) is 6.42 Å². The van der Waals surface area contributed by atoms with Crippen molar-refractivity contribution in [3.05, 3.63) is 36.0 Å². The van der Waals surface area contributed by atoms with E-state index in [4.69, 9.17) is 0 Å². The average molecular weight is 186 g/mol. The molecule has 1 N–H and O–H groups in total. The van der Waals surface area contributed by atoms with Crippen molar-refractivity contribution in [1.29, 1.82) is 0 Å². The maximum Gasteiger partial charge on any atom is 0.0462 e. The maximum atomic E-state index is 3.40. The molecule has 0 spiro atoms. The molecule has 0 aliphatic rings. The zero-order valence-corrected chi connectivity index (χ0v) is 8.64. The molecule has 1 radical (unpaired) electrons. The number of nitrogens with one attached hydrogen (secondary N) is 1. The van der Waals surface area contributed by atoms with Gasteiger partial charge < -0.3 is 4.98 Å². The monoisotopic (exact) mass is 186 g/mol. The lowest BCUT2D eigenvalue weighted by atomic mass is 10.1. The Morgan fingerprint density at radius 3 is 2.86 bits per heavy atom. The van der Waals surface area contributed by atoms with Crippen LogP contribution in [0.1, 0.15) is 31.9 Å². The van der Waals surface area contributed by atoms with Gasteiger partial charge >= 0.3 is 0 Å². The number of aromatic amines is 1. The number of para-hydroxylation sites is 1. The normalized spacial score (nSPS) is 10.9. The molecule has 0 atom stereocenters. The fourth-order valence-electron chi connectivity index (χ4n) is 1.73. The molecular formula is C13H16N. The molecule has 0 aliphatic carbocycles. The molecule has 2 aromatic rings. The number of unbranched alkanes of at least 4 members (excludes halogenated alkanes) is 2. The lowest BCUT2D eigenvalue weighted by Gasteiger charge is -1.94. The minimum Gasteiger partial charge on any atom is -0.358 e. The Labute approximate surface area is 85.1 Å². The number of hydrogen-bond acceptors (Lipinski definition) is 0. The van der Waals surface area contributed by atoms with E-state index < -0.39 is 0 Å². The first-order valence-electron chi connectivity index (χ1n) is 5.39. The van der Waals surface area contributed by atoms with Crippen molar-refractivity contribution < 1.29 is 0 Å².